The van der Waals surface area contributed by atoms with Gasteiger partial charge in [-0.1, -0.05) is 13.8 Å². The second kappa shape index (κ2) is 32.7. The molecule has 0 saturated heterocycles. The Morgan fingerprint density at radius 3 is 1.20 bits per heavy atom. The zero-order valence-electron chi connectivity index (χ0n) is 4.09. The summed E-state index contributed by atoms with van der Waals surface area (Å²) in [5, 5.41) is 0. The van der Waals surface area contributed by atoms with Gasteiger partial charge in [0.25, 0.3) is 0 Å². The molecular formula is C3H8IK. The Morgan fingerprint density at radius 1 is 1.20 bits per heavy atom. The first kappa shape index (κ1) is 15.7. The van der Waals surface area contributed by atoms with Crippen LogP contribution in [0, 0.1) is 4.93 Å². The maximum atomic E-state index is 3.22. The molecule has 0 amide bonds. The van der Waals surface area contributed by atoms with Crippen molar-refractivity contribution >= 4 is 22.6 Å². The molecule has 0 saturated carbocycles. The van der Waals surface area contributed by atoms with Crippen LogP contribution in [0.5, 0.6) is 0 Å². The van der Waals surface area contributed by atoms with Gasteiger partial charge in [0.05, 0.1) is 0 Å². The van der Waals surface area contributed by atoms with E-state index in [1.165, 1.54) is 0 Å². The van der Waals surface area contributed by atoms with E-state index >= 15 is 0 Å². The van der Waals surface area contributed by atoms with Gasteiger partial charge < -0.3 is 22.6 Å². The Balaban J connectivity index is -0.0000000133. The standard InChI is InChI=1S/C2H6.CH2I.K/c2*1-2;/h1-2H3;1H2;/q;-1;+1. The normalized spacial score (nSPS) is 2.40. The number of hydrogen-bond donors (Lipinski definition) is 0. The van der Waals surface area contributed by atoms with Gasteiger partial charge in [0.1, 0.15) is 0 Å². The summed E-state index contributed by atoms with van der Waals surface area (Å²) in [7, 11) is 0. The monoisotopic (exact) mass is 210 g/mol. The summed E-state index contributed by atoms with van der Waals surface area (Å²) < 4.78 is 0. The molecule has 0 aliphatic carbocycles. The molecule has 0 fully saturated rings. The SMILES string of the molecule is CC.[CH2-]I.[K+]. The Morgan fingerprint density at radius 2 is 1.20 bits per heavy atom. The Bertz CT molecular complexity index is 6.85. The number of halogens is 1. The van der Waals surface area contributed by atoms with E-state index in [1.807, 2.05) is 36.4 Å². The number of hydrogen-bond acceptors (Lipinski definition) is 0. The van der Waals surface area contributed by atoms with Crippen molar-refractivity contribution in [3.05, 3.63) is 4.93 Å². The molecule has 0 aliphatic heterocycles. The summed E-state index contributed by atoms with van der Waals surface area (Å²) in [6, 6.07) is 0. The van der Waals surface area contributed by atoms with Crippen LogP contribution in [-0.2, 0) is 0 Å². The predicted molar refractivity (Wildman–Crippen MR) is 30.7 cm³/mol. The summed E-state index contributed by atoms with van der Waals surface area (Å²) in [6.45, 7) is 4.00. The van der Waals surface area contributed by atoms with Crippen LogP contribution < -0.4 is 51.4 Å². The van der Waals surface area contributed by atoms with Crippen molar-refractivity contribution in [2.75, 3.05) is 0 Å². The van der Waals surface area contributed by atoms with E-state index in [0.717, 1.165) is 0 Å². The van der Waals surface area contributed by atoms with E-state index in [2.05, 4.69) is 4.93 Å². The summed E-state index contributed by atoms with van der Waals surface area (Å²) in [5.74, 6) is 0. The van der Waals surface area contributed by atoms with Crippen LogP contribution in [0.15, 0.2) is 0 Å². The third-order valence-electron chi connectivity index (χ3n) is 0. The fourth-order valence-corrected chi connectivity index (χ4v) is 0. The summed E-state index contributed by atoms with van der Waals surface area (Å²) >= 11 is 1.90. The van der Waals surface area contributed by atoms with E-state index in [1.54, 1.807) is 0 Å². The predicted octanol–water partition coefficient (Wildman–Crippen LogP) is -0.757. The summed E-state index contributed by atoms with van der Waals surface area (Å²) in [4.78, 5) is 3.22. The summed E-state index contributed by atoms with van der Waals surface area (Å²) in [5.41, 5.74) is 0. The van der Waals surface area contributed by atoms with E-state index in [4.69, 9.17) is 0 Å². The second-order valence-electron chi connectivity index (χ2n) is 0. The fraction of sp³-hybridized carbons (Fsp3) is 0.667. The average molecular weight is 210 g/mol. The fourth-order valence-electron chi connectivity index (χ4n) is 0. The quantitative estimate of drug-likeness (QED) is 0.280. The van der Waals surface area contributed by atoms with E-state index < -0.39 is 0 Å². The molecule has 0 aromatic carbocycles. The van der Waals surface area contributed by atoms with Crippen LogP contribution in [0.4, 0.5) is 0 Å². The van der Waals surface area contributed by atoms with Gasteiger partial charge in [0.2, 0.25) is 0 Å². The number of rotatable bonds is 0. The first-order chi connectivity index (χ1) is 2.00. The van der Waals surface area contributed by atoms with Crippen LogP contribution in [0.1, 0.15) is 13.8 Å². The van der Waals surface area contributed by atoms with Crippen molar-refractivity contribution in [1.82, 2.24) is 0 Å². The molecule has 5 heavy (non-hydrogen) atoms. The van der Waals surface area contributed by atoms with Gasteiger partial charge in [-0.25, -0.2) is 0 Å². The van der Waals surface area contributed by atoms with Gasteiger partial charge in [-0.2, -0.15) is 0 Å². The molecule has 0 nitrogen and oxygen atoms in total. The molecule has 0 aromatic heterocycles. The van der Waals surface area contributed by atoms with Crippen molar-refractivity contribution in [3.8, 4) is 0 Å². The van der Waals surface area contributed by atoms with Gasteiger partial charge in [-0.3, -0.25) is 4.93 Å². The van der Waals surface area contributed by atoms with Crippen LogP contribution in [0.25, 0.3) is 0 Å². The zero-order valence-corrected chi connectivity index (χ0v) is 9.37. The van der Waals surface area contributed by atoms with Crippen molar-refractivity contribution < 1.29 is 51.4 Å². The van der Waals surface area contributed by atoms with Crippen LogP contribution in [0.3, 0.4) is 0 Å². The molecule has 0 spiro atoms. The van der Waals surface area contributed by atoms with Crippen molar-refractivity contribution in [2.24, 2.45) is 0 Å². The van der Waals surface area contributed by atoms with Gasteiger partial charge in [-0.05, 0) is 0 Å². The maximum Gasteiger partial charge on any atom is 1.00 e. The van der Waals surface area contributed by atoms with E-state index in [-0.39, 0.29) is 51.4 Å². The third-order valence-corrected chi connectivity index (χ3v) is 0. The molecule has 2 heteroatoms. The van der Waals surface area contributed by atoms with E-state index in [0.29, 0.717) is 0 Å². The zero-order chi connectivity index (χ0) is 4.00. The van der Waals surface area contributed by atoms with Crippen LogP contribution >= 0.6 is 22.6 Å². The first-order valence-electron chi connectivity index (χ1n) is 1.27. The summed E-state index contributed by atoms with van der Waals surface area (Å²) in [6.07, 6.45) is 0. The largest absolute Gasteiger partial charge is 1.00 e. The minimum Gasteiger partial charge on any atom is -0.319 e. The third kappa shape index (κ3) is 21.7. The minimum atomic E-state index is 0. The molecule has 0 atom stereocenters. The Hall–Kier alpha value is 2.37. The van der Waals surface area contributed by atoms with Gasteiger partial charge >= 0.3 is 51.4 Å². The average Bonchev–Trinajstić information content (AvgIpc) is 1.50. The Kier molecular flexibility index (Phi) is 103. The molecule has 0 bridgehead atoms. The first-order valence-corrected chi connectivity index (χ1v) is 2.79. The molecule has 0 heterocycles. The van der Waals surface area contributed by atoms with Crippen molar-refractivity contribution in [2.45, 2.75) is 13.8 Å². The topological polar surface area (TPSA) is 0 Å². The second-order valence-corrected chi connectivity index (χ2v) is 0. The van der Waals surface area contributed by atoms with Crippen molar-refractivity contribution in [1.29, 1.82) is 0 Å². The molecule has 28 valence electrons. The van der Waals surface area contributed by atoms with Gasteiger partial charge in [-0.15, -0.1) is 0 Å². The van der Waals surface area contributed by atoms with Crippen molar-refractivity contribution in [3.63, 3.8) is 0 Å². The molecule has 0 rings (SSSR count). The van der Waals surface area contributed by atoms with Gasteiger partial charge in [0.15, 0.2) is 0 Å². The molecule has 0 radical (unpaired) electrons. The van der Waals surface area contributed by atoms with Crippen LogP contribution in [0.2, 0.25) is 0 Å². The van der Waals surface area contributed by atoms with Crippen LogP contribution in [-0.4, -0.2) is 0 Å². The Labute approximate surface area is 90.7 Å². The van der Waals surface area contributed by atoms with Gasteiger partial charge in [0, 0.05) is 0 Å². The molecule has 0 N–H and O–H groups in total. The molecule has 0 aliphatic rings. The maximum absolute atomic E-state index is 3.22. The van der Waals surface area contributed by atoms with E-state index in [9.17, 15) is 0 Å². The molecule has 0 aromatic rings. The molecular weight excluding hydrogens is 202 g/mol. The minimum absolute atomic E-state index is 0. The molecule has 0 unspecified atom stereocenters. The smallest absolute Gasteiger partial charge is 0.319 e.